The molecule has 2 nitrogen and oxygen atoms in total. The van der Waals surface area contributed by atoms with Gasteiger partial charge in [0, 0.05) is 0 Å². The minimum Gasteiger partial charge on any atom is -0.512 e. The maximum atomic E-state index is 11.4. The van der Waals surface area contributed by atoms with E-state index >= 15 is 0 Å². The zero-order valence-electron chi connectivity index (χ0n) is 10.2. The van der Waals surface area contributed by atoms with Crippen molar-refractivity contribution in [2.24, 2.45) is 0 Å². The number of Topliss-reactive ketones (excluding diaryl/α,β-unsaturated/α-hetero) is 1. The Bertz CT molecular complexity index is 486. The van der Waals surface area contributed by atoms with Crippen LogP contribution in [0, 0.1) is 0 Å². The molecule has 2 heteroatoms. The van der Waals surface area contributed by atoms with Gasteiger partial charge in [0.2, 0.25) is 0 Å². The molecule has 0 spiro atoms. The summed E-state index contributed by atoms with van der Waals surface area (Å²) in [4.78, 5) is 11.4. The molecule has 1 N–H and O–H groups in total. The Morgan fingerprint density at radius 1 is 1.24 bits per heavy atom. The Balaban J connectivity index is 3.15. The molecule has 0 bridgehead atoms. The number of allylic oxidation sites excluding steroid dienone is 3. The second-order valence-electron chi connectivity index (χ2n) is 3.82. The van der Waals surface area contributed by atoms with Crippen molar-refractivity contribution in [1.29, 1.82) is 0 Å². The van der Waals surface area contributed by atoms with Gasteiger partial charge in [-0.2, -0.15) is 0 Å². The Kier molecular flexibility index (Phi) is 4.05. The van der Waals surface area contributed by atoms with Gasteiger partial charge in [0.1, 0.15) is 5.76 Å². The molecule has 1 aromatic rings. The van der Waals surface area contributed by atoms with Crippen LogP contribution in [0.3, 0.4) is 0 Å². The predicted molar refractivity (Wildman–Crippen MR) is 71.6 cm³/mol. The highest BCUT2D eigenvalue weighted by atomic mass is 16.3. The highest BCUT2D eigenvalue weighted by Crippen LogP contribution is 2.24. The van der Waals surface area contributed by atoms with E-state index in [1.54, 1.807) is 6.08 Å². The van der Waals surface area contributed by atoms with E-state index in [0.29, 0.717) is 5.57 Å². The smallest absolute Gasteiger partial charge is 0.163 e. The molecule has 0 aliphatic heterocycles. The van der Waals surface area contributed by atoms with Crippen LogP contribution in [0.15, 0.2) is 48.8 Å². The largest absolute Gasteiger partial charge is 0.512 e. The molecule has 0 aromatic heterocycles. The number of ketones is 1. The molecule has 88 valence electrons. The molecule has 17 heavy (non-hydrogen) atoms. The topological polar surface area (TPSA) is 37.3 Å². The third-order valence-corrected chi connectivity index (χ3v) is 2.51. The number of hydrogen-bond acceptors (Lipinski definition) is 2. The molecular weight excluding hydrogens is 212 g/mol. The predicted octanol–water partition coefficient (Wildman–Crippen LogP) is 3.76. The lowest BCUT2D eigenvalue weighted by molar-refractivity contribution is -0.113. The van der Waals surface area contributed by atoms with Gasteiger partial charge >= 0.3 is 0 Å². The van der Waals surface area contributed by atoms with Crippen molar-refractivity contribution in [3.8, 4) is 0 Å². The summed E-state index contributed by atoms with van der Waals surface area (Å²) in [6.07, 6.45) is 1.74. The molecular formula is C15H16O2. The summed E-state index contributed by atoms with van der Waals surface area (Å²) in [7, 11) is 0. The van der Waals surface area contributed by atoms with Gasteiger partial charge in [0.15, 0.2) is 5.78 Å². The standard InChI is InChI=1S/C15H16O2/c1-5-13-6-8-14(9-7-13)10(2)15(11(3)16)12(4)17/h5-9,16H,1-2H2,3-4H3/b15-11-. The molecule has 1 aromatic carbocycles. The molecule has 0 heterocycles. The minimum atomic E-state index is -0.192. The summed E-state index contributed by atoms with van der Waals surface area (Å²) >= 11 is 0. The number of aliphatic hydroxyl groups is 1. The van der Waals surface area contributed by atoms with Gasteiger partial charge in [-0.05, 0) is 30.5 Å². The zero-order chi connectivity index (χ0) is 13.0. The number of rotatable bonds is 4. The van der Waals surface area contributed by atoms with Crippen LogP contribution in [0.1, 0.15) is 25.0 Å². The average Bonchev–Trinajstić information content (AvgIpc) is 2.28. The van der Waals surface area contributed by atoms with Crippen molar-refractivity contribution < 1.29 is 9.90 Å². The van der Waals surface area contributed by atoms with Gasteiger partial charge in [0.25, 0.3) is 0 Å². The summed E-state index contributed by atoms with van der Waals surface area (Å²) in [5.74, 6) is -0.196. The third-order valence-electron chi connectivity index (χ3n) is 2.51. The van der Waals surface area contributed by atoms with Crippen LogP contribution >= 0.6 is 0 Å². The van der Waals surface area contributed by atoms with Gasteiger partial charge < -0.3 is 5.11 Å². The lowest BCUT2D eigenvalue weighted by Crippen LogP contribution is -2.02. The van der Waals surface area contributed by atoms with E-state index in [0.717, 1.165) is 11.1 Å². The van der Waals surface area contributed by atoms with Gasteiger partial charge in [-0.25, -0.2) is 0 Å². The van der Waals surface area contributed by atoms with Gasteiger partial charge in [0.05, 0.1) is 5.57 Å². The number of hydrogen-bond donors (Lipinski definition) is 1. The number of benzene rings is 1. The molecule has 1 rings (SSSR count). The highest BCUT2D eigenvalue weighted by molar-refractivity contribution is 6.08. The van der Waals surface area contributed by atoms with Crippen LogP contribution in [0.2, 0.25) is 0 Å². The van der Waals surface area contributed by atoms with Crippen LogP contribution in [-0.2, 0) is 4.79 Å². The first-order chi connectivity index (χ1) is 7.97. The molecule has 0 aliphatic rings. The summed E-state index contributed by atoms with van der Waals surface area (Å²) in [6, 6.07) is 7.48. The van der Waals surface area contributed by atoms with E-state index in [9.17, 15) is 9.90 Å². The lowest BCUT2D eigenvalue weighted by atomic mass is 9.95. The number of carbonyl (C=O) groups excluding carboxylic acids is 1. The van der Waals surface area contributed by atoms with Crippen LogP contribution < -0.4 is 0 Å². The zero-order valence-corrected chi connectivity index (χ0v) is 10.2. The number of carbonyl (C=O) groups is 1. The normalized spacial score (nSPS) is 11.6. The molecule has 0 saturated heterocycles. The molecule has 0 amide bonds. The first-order valence-corrected chi connectivity index (χ1v) is 5.30. The Labute approximate surface area is 102 Å². The van der Waals surface area contributed by atoms with Crippen molar-refractivity contribution in [3.05, 3.63) is 59.9 Å². The first kappa shape index (κ1) is 13.0. The van der Waals surface area contributed by atoms with Crippen molar-refractivity contribution in [2.75, 3.05) is 0 Å². The Morgan fingerprint density at radius 3 is 2.12 bits per heavy atom. The average molecular weight is 228 g/mol. The summed E-state index contributed by atoms with van der Waals surface area (Å²) in [5, 5.41) is 9.50. The summed E-state index contributed by atoms with van der Waals surface area (Å²) in [6.45, 7) is 10.4. The molecule has 0 saturated carbocycles. The van der Waals surface area contributed by atoms with Crippen molar-refractivity contribution in [2.45, 2.75) is 13.8 Å². The first-order valence-electron chi connectivity index (χ1n) is 5.30. The fourth-order valence-electron chi connectivity index (χ4n) is 1.65. The summed E-state index contributed by atoms with van der Waals surface area (Å²) in [5.41, 5.74) is 2.62. The maximum Gasteiger partial charge on any atom is 0.163 e. The fraction of sp³-hybridized carbons (Fsp3) is 0.133. The molecule has 0 aliphatic carbocycles. The molecule has 0 radical (unpaired) electrons. The van der Waals surface area contributed by atoms with Crippen LogP contribution in [0.4, 0.5) is 0 Å². The molecule has 0 unspecified atom stereocenters. The second-order valence-corrected chi connectivity index (χ2v) is 3.82. The highest BCUT2D eigenvalue weighted by Gasteiger charge is 2.13. The van der Waals surface area contributed by atoms with E-state index in [-0.39, 0.29) is 17.1 Å². The Hall–Kier alpha value is -2.09. The van der Waals surface area contributed by atoms with E-state index in [2.05, 4.69) is 13.2 Å². The van der Waals surface area contributed by atoms with E-state index in [1.807, 2.05) is 24.3 Å². The second kappa shape index (κ2) is 5.30. The van der Waals surface area contributed by atoms with Crippen molar-refractivity contribution in [3.63, 3.8) is 0 Å². The molecule has 0 atom stereocenters. The maximum absolute atomic E-state index is 11.4. The van der Waals surface area contributed by atoms with E-state index < -0.39 is 0 Å². The summed E-state index contributed by atoms with van der Waals surface area (Å²) < 4.78 is 0. The third kappa shape index (κ3) is 2.94. The SMILES string of the molecule is C=Cc1ccc(C(=C)/C(C(C)=O)=C(\C)O)cc1. The van der Waals surface area contributed by atoms with Crippen molar-refractivity contribution >= 4 is 17.4 Å². The monoisotopic (exact) mass is 228 g/mol. The van der Waals surface area contributed by atoms with E-state index in [1.165, 1.54) is 13.8 Å². The van der Waals surface area contributed by atoms with Crippen LogP contribution in [0.25, 0.3) is 11.6 Å². The van der Waals surface area contributed by atoms with E-state index in [4.69, 9.17) is 0 Å². The minimum absolute atomic E-state index is 0.00435. The lowest BCUT2D eigenvalue weighted by Gasteiger charge is -2.09. The quantitative estimate of drug-likeness (QED) is 0.484. The van der Waals surface area contributed by atoms with Crippen molar-refractivity contribution in [1.82, 2.24) is 0 Å². The van der Waals surface area contributed by atoms with Crippen LogP contribution in [0.5, 0.6) is 0 Å². The molecule has 0 fully saturated rings. The van der Waals surface area contributed by atoms with Gasteiger partial charge in [-0.1, -0.05) is 43.5 Å². The van der Waals surface area contributed by atoms with Gasteiger partial charge in [-0.15, -0.1) is 0 Å². The van der Waals surface area contributed by atoms with Gasteiger partial charge in [-0.3, -0.25) is 4.79 Å². The Morgan fingerprint density at radius 2 is 1.76 bits per heavy atom. The van der Waals surface area contributed by atoms with Crippen LogP contribution in [-0.4, -0.2) is 10.9 Å². The number of aliphatic hydroxyl groups excluding tert-OH is 1. The fourth-order valence-corrected chi connectivity index (χ4v) is 1.65.